The van der Waals surface area contributed by atoms with Crippen molar-refractivity contribution in [1.82, 2.24) is 4.98 Å². The van der Waals surface area contributed by atoms with Crippen molar-refractivity contribution < 1.29 is 23.6 Å². The fraction of sp³-hybridized carbons (Fsp3) is 0.222. The molecule has 0 aliphatic heterocycles. The fourth-order valence-electron chi connectivity index (χ4n) is 1.24. The third-order valence-electron chi connectivity index (χ3n) is 1.95. The van der Waals surface area contributed by atoms with Gasteiger partial charge in [0.05, 0.1) is 22.6 Å². The Morgan fingerprint density at radius 2 is 2.28 bits per heavy atom. The van der Waals surface area contributed by atoms with Crippen molar-refractivity contribution in [3.63, 3.8) is 0 Å². The predicted octanol–water partition coefficient (Wildman–Crippen LogP) is 1.43. The summed E-state index contributed by atoms with van der Waals surface area (Å²) in [6, 6.07) is 2.09. The molecule has 7 nitrogen and oxygen atoms in total. The van der Waals surface area contributed by atoms with Gasteiger partial charge in [-0.3, -0.25) is 14.9 Å². The first kappa shape index (κ1) is 13.4. The van der Waals surface area contributed by atoms with Crippen molar-refractivity contribution >= 4 is 11.7 Å². The van der Waals surface area contributed by atoms with Gasteiger partial charge in [-0.15, -0.1) is 0 Å². The van der Waals surface area contributed by atoms with E-state index in [9.17, 15) is 23.7 Å². The summed E-state index contributed by atoms with van der Waals surface area (Å²) in [5.41, 5.74) is -2.98. The SMILES string of the molecule is N#Cc1cc([N+](=O)[O-])c(C(F)F)nc1CC(=O)O. The highest BCUT2D eigenvalue weighted by Crippen LogP contribution is 2.29. The second-order valence-corrected chi connectivity index (χ2v) is 3.13. The van der Waals surface area contributed by atoms with Crippen LogP contribution in [0.5, 0.6) is 0 Å². The number of alkyl halides is 2. The lowest BCUT2D eigenvalue weighted by atomic mass is 10.1. The van der Waals surface area contributed by atoms with E-state index in [-0.39, 0.29) is 0 Å². The van der Waals surface area contributed by atoms with Gasteiger partial charge in [0.25, 0.3) is 12.1 Å². The van der Waals surface area contributed by atoms with Crippen molar-refractivity contribution in [1.29, 1.82) is 5.26 Å². The average molecular weight is 257 g/mol. The Hall–Kier alpha value is -2.63. The van der Waals surface area contributed by atoms with E-state index in [4.69, 9.17) is 10.4 Å². The molecule has 0 amide bonds. The highest BCUT2D eigenvalue weighted by atomic mass is 19.3. The van der Waals surface area contributed by atoms with Gasteiger partial charge in [0, 0.05) is 6.07 Å². The Labute approximate surface area is 98.4 Å². The highest BCUT2D eigenvalue weighted by Gasteiger charge is 2.26. The first-order valence-corrected chi connectivity index (χ1v) is 4.45. The minimum Gasteiger partial charge on any atom is -0.481 e. The zero-order chi connectivity index (χ0) is 13.9. The minimum atomic E-state index is -3.23. The van der Waals surface area contributed by atoms with Gasteiger partial charge in [0.2, 0.25) is 0 Å². The molecular formula is C9H5F2N3O4. The maximum Gasteiger partial charge on any atom is 0.309 e. The molecule has 0 atom stereocenters. The van der Waals surface area contributed by atoms with E-state index in [2.05, 4.69) is 4.98 Å². The van der Waals surface area contributed by atoms with Crippen LogP contribution in [0.25, 0.3) is 0 Å². The number of aliphatic carboxylic acids is 1. The Kier molecular flexibility index (Phi) is 3.83. The number of hydrogen-bond acceptors (Lipinski definition) is 5. The topological polar surface area (TPSA) is 117 Å². The second-order valence-electron chi connectivity index (χ2n) is 3.13. The van der Waals surface area contributed by atoms with Crippen molar-refractivity contribution in [2.45, 2.75) is 12.8 Å². The molecule has 0 fully saturated rings. The monoisotopic (exact) mass is 257 g/mol. The summed E-state index contributed by atoms with van der Waals surface area (Å²) in [5.74, 6) is -1.38. The average Bonchev–Trinajstić information content (AvgIpc) is 2.27. The molecule has 94 valence electrons. The number of rotatable bonds is 4. The summed E-state index contributed by atoms with van der Waals surface area (Å²) >= 11 is 0. The van der Waals surface area contributed by atoms with E-state index < -0.39 is 46.4 Å². The third-order valence-corrected chi connectivity index (χ3v) is 1.95. The van der Waals surface area contributed by atoms with Crippen molar-refractivity contribution in [3.8, 4) is 6.07 Å². The number of hydrogen-bond donors (Lipinski definition) is 1. The van der Waals surface area contributed by atoms with Gasteiger partial charge in [-0.05, 0) is 0 Å². The molecule has 0 aromatic carbocycles. The largest absolute Gasteiger partial charge is 0.481 e. The predicted molar refractivity (Wildman–Crippen MR) is 51.9 cm³/mol. The number of halogens is 2. The number of pyridine rings is 1. The molecule has 18 heavy (non-hydrogen) atoms. The lowest BCUT2D eigenvalue weighted by Crippen LogP contribution is -2.09. The number of nitro groups is 1. The van der Waals surface area contributed by atoms with Crippen molar-refractivity contribution in [2.24, 2.45) is 0 Å². The van der Waals surface area contributed by atoms with Crippen LogP contribution in [0.15, 0.2) is 6.07 Å². The van der Waals surface area contributed by atoms with Gasteiger partial charge in [0.1, 0.15) is 6.07 Å². The zero-order valence-corrected chi connectivity index (χ0v) is 8.63. The van der Waals surface area contributed by atoms with Gasteiger partial charge < -0.3 is 5.11 Å². The van der Waals surface area contributed by atoms with Gasteiger partial charge in [-0.2, -0.15) is 5.26 Å². The van der Waals surface area contributed by atoms with E-state index in [0.717, 1.165) is 0 Å². The van der Waals surface area contributed by atoms with Crippen LogP contribution in [0.3, 0.4) is 0 Å². The molecular weight excluding hydrogens is 252 g/mol. The number of carboxylic acid groups (broad SMARTS) is 1. The fourth-order valence-corrected chi connectivity index (χ4v) is 1.24. The third kappa shape index (κ3) is 2.73. The second kappa shape index (κ2) is 5.13. The molecule has 1 rings (SSSR count). The summed E-state index contributed by atoms with van der Waals surface area (Å²) in [5, 5.41) is 27.7. The van der Waals surface area contributed by atoms with Gasteiger partial charge >= 0.3 is 5.97 Å². The van der Waals surface area contributed by atoms with Crippen LogP contribution >= 0.6 is 0 Å². The quantitative estimate of drug-likeness (QED) is 0.643. The summed E-state index contributed by atoms with van der Waals surface area (Å²) in [7, 11) is 0. The van der Waals surface area contributed by atoms with Crippen LogP contribution in [0.1, 0.15) is 23.4 Å². The Morgan fingerprint density at radius 1 is 1.67 bits per heavy atom. The minimum absolute atomic E-state index is 0.409. The zero-order valence-electron chi connectivity index (χ0n) is 8.63. The molecule has 0 aliphatic rings. The Bertz CT molecular complexity index is 553. The maximum absolute atomic E-state index is 12.5. The van der Waals surface area contributed by atoms with Crippen LogP contribution in [-0.4, -0.2) is 21.0 Å². The lowest BCUT2D eigenvalue weighted by molar-refractivity contribution is -0.386. The molecule has 0 bridgehead atoms. The number of nitriles is 1. The first-order chi connectivity index (χ1) is 8.36. The summed E-state index contributed by atoms with van der Waals surface area (Å²) < 4.78 is 25.1. The molecule has 1 aromatic rings. The molecule has 9 heteroatoms. The number of carbonyl (C=O) groups is 1. The van der Waals surface area contributed by atoms with Crippen LogP contribution in [0.4, 0.5) is 14.5 Å². The Balaban J connectivity index is 3.47. The molecule has 0 unspecified atom stereocenters. The van der Waals surface area contributed by atoms with Crippen LogP contribution < -0.4 is 0 Å². The smallest absolute Gasteiger partial charge is 0.309 e. The first-order valence-electron chi connectivity index (χ1n) is 4.45. The van der Waals surface area contributed by atoms with E-state index >= 15 is 0 Å². The van der Waals surface area contributed by atoms with Gasteiger partial charge in [-0.25, -0.2) is 13.8 Å². The molecule has 0 radical (unpaired) electrons. The van der Waals surface area contributed by atoms with Gasteiger partial charge in [0.15, 0.2) is 5.69 Å². The molecule has 1 aromatic heterocycles. The van der Waals surface area contributed by atoms with Crippen molar-refractivity contribution in [2.75, 3.05) is 0 Å². The molecule has 0 spiro atoms. The van der Waals surface area contributed by atoms with E-state index in [1.807, 2.05) is 0 Å². The van der Waals surface area contributed by atoms with E-state index in [1.54, 1.807) is 0 Å². The standard InChI is InChI=1S/C9H5F2N3O4/c10-9(11)8-6(14(17)18)1-4(3-12)5(13-8)2-7(15)16/h1,9H,2H2,(H,15,16). The molecule has 0 saturated heterocycles. The van der Waals surface area contributed by atoms with Crippen LogP contribution in [0, 0.1) is 21.4 Å². The van der Waals surface area contributed by atoms with Crippen LogP contribution in [-0.2, 0) is 11.2 Å². The normalized spacial score (nSPS) is 10.1. The Morgan fingerprint density at radius 3 is 2.67 bits per heavy atom. The molecule has 0 aliphatic carbocycles. The number of carboxylic acids is 1. The number of nitrogens with zero attached hydrogens (tertiary/aromatic N) is 3. The van der Waals surface area contributed by atoms with E-state index in [0.29, 0.717) is 6.07 Å². The maximum atomic E-state index is 12.5. The molecule has 0 saturated carbocycles. The highest BCUT2D eigenvalue weighted by molar-refractivity contribution is 5.71. The number of aromatic nitrogens is 1. The lowest BCUT2D eigenvalue weighted by Gasteiger charge is -2.05. The van der Waals surface area contributed by atoms with Crippen LogP contribution in [0.2, 0.25) is 0 Å². The summed E-state index contributed by atoms with van der Waals surface area (Å²) in [6.07, 6.45) is -3.99. The van der Waals surface area contributed by atoms with E-state index in [1.165, 1.54) is 6.07 Å². The summed E-state index contributed by atoms with van der Waals surface area (Å²) in [6.45, 7) is 0. The van der Waals surface area contributed by atoms with Gasteiger partial charge in [-0.1, -0.05) is 0 Å². The summed E-state index contributed by atoms with van der Waals surface area (Å²) in [4.78, 5) is 23.1. The molecule has 1 heterocycles. The van der Waals surface area contributed by atoms with Crippen molar-refractivity contribution in [3.05, 3.63) is 33.1 Å². The molecule has 1 N–H and O–H groups in total.